The van der Waals surface area contributed by atoms with Crippen LogP contribution >= 0.6 is 0 Å². The summed E-state index contributed by atoms with van der Waals surface area (Å²) in [4.78, 5) is 23.3. The molecule has 0 aromatic heterocycles. The van der Waals surface area contributed by atoms with Gasteiger partial charge < -0.3 is 10.6 Å². The lowest BCUT2D eigenvalue weighted by molar-refractivity contribution is -0.127. The first-order chi connectivity index (χ1) is 9.44. The summed E-state index contributed by atoms with van der Waals surface area (Å²) < 4.78 is 22.5. The Labute approximate surface area is 117 Å². The Morgan fingerprint density at radius 3 is 2.45 bits per heavy atom. The molecule has 1 unspecified atom stereocenters. The van der Waals surface area contributed by atoms with Crippen LogP contribution in [0.2, 0.25) is 0 Å². The van der Waals surface area contributed by atoms with Crippen molar-refractivity contribution in [3.05, 3.63) is 30.3 Å². The average molecular weight is 296 g/mol. The van der Waals surface area contributed by atoms with Gasteiger partial charge in [-0.1, -0.05) is 18.2 Å². The summed E-state index contributed by atoms with van der Waals surface area (Å²) in [7, 11) is -3.03. The fourth-order valence-corrected chi connectivity index (χ4v) is 3.73. The van der Waals surface area contributed by atoms with Crippen LogP contribution in [-0.4, -0.2) is 37.8 Å². The summed E-state index contributed by atoms with van der Waals surface area (Å²) in [5, 5.41) is 5.17. The summed E-state index contributed by atoms with van der Waals surface area (Å²) in [6.45, 7) is 0. The lowest BCUT2D eigenvalue weighted by Gasteiger charge is -2.10. The topological polar surface area (TPSA) is 92.3 Å². The van der Waals surface area contributed by atoms with E-state index in [0.717, 1.165) is 0 Å². The third-order valence-corrected chi connectivity index (χ3v) is 4.74. The van der Waals surface area contributed by atoms with E-state index in [4.69, 9.17) is 0 Å². The molecule has 108 valence electrons. The smallest absolute Gasteiger partial charge is 0.233 e. The van der Waals surface area contributed by atoms with Gasteiger partial charge in [-0.25, -0.2) is 8.42 Å². The van der Waals surface area contributed by atoms with Gasteiger partial charge in [0.05, 0.1) is 11.5 Å². The zero-order chi connectivity index (χ0) is 14.6. The maximum Gasteiger partial charge on any atom is 0.233 e. The first-order valence-electron chi connectivity index (χ1n) is 6.29. The molecule has 20 heavy (non-hydrogen) atoms. The molecule has 1 aliphatic heterocycles. The fraction of sp³-hybridized carbons (Fsp3) is 0.385. The van der Waals surface area contributed by atoms with Crippen molar-refractivity contribution >= 4 is 27.3 Å². The van der Waals surface area contributed by atoms with E-state index in [-0.39, 0.29) is 24.0 Å². The van der Waals surface area contributed by atoms with E-state index in [1.54, 1.807) is 24.3 Å². The molecular weight excluding hydrogens is 280 g/mol. The summed E-state index contributed by atoms with van der Waals surface area (Å²) in [6.07, 6.45) is 0.0970. The van der Waals surface area contributed by atoms with Gasteiger partial charge in [0.1, 0.15) is 6.42 Å². The highest BCUT2D eigenvalue weighted by Crippen LogP contribution is 2.11. The molecule has 2 rings (SSSR count). The normalized spacial score (nSPS) is 20.3. The second-order valence-corrected chi connectivity index (χ2v) is 6.99. The predicted molar refractivity (Wildman–Crippen MR) is 74.9 cm³/mol. The molecule has 2 amide bonds. The predicted octanol–water partition coefficient (Wildman–Crippen LogP) is 0.318. The Morgan fingerprint density at radius 1 is 1.15 bits per heavy atom. The summed E-state index contributed by atoms with van der Waals surface area (Å²) >= 11 is 0. The monoisotopic (exact) mass is 296 g/mol. The van der Waals surface area contributed by atoms with E-state index in [1.807, 2.05) is 6.07 Å². The van der Waals surface area contributed by atoms with Crippen LogP contribution in [0.3, 0.4) is 0 Å². The van der Waals surface area contributed by atoms with E-state index in [0.29, 0.717) is 12.1 Å². The van der Waals surface area contributed by atoms with Gasteiger partial charge in [-0.15, -0.1) is 0 Å². The Morgan fingerprint density at radius 2 is 1.85 bits per heavy atom. The SMILES string of the molecule is O=C(CC(=O)NC1CCS(=O)(=O)C1)Nc1ccccc1. The number of hydrogen-bond acceptors (Lipinski definition) is 4. The Bertz CT molecular complexity index is 598. The molecule has 1 saturated heterocycles. The van der Waals surface area contributed by atoms with E-state index < -0.39 is 21.7 Å². The number of nitrogens with one attached hydrogen (secondary N) is 2. The quantitative estimate of drug-likeness (QED) is 0.783. The van der Waals surface area contributed by atoms with Crippen LogP contribution in [0.15, 0.2) is 30.3 Å². The minimum atomic E-state index is -3.03. The van der Waals surface area contributed by atoms with Crippen molar-refractivity contribution in [2.45, 2.75) is 18.9 Å². The highest BCUT2D eigenvalue weighted by atomic mass is 32.2. The molecule has 1 aliphatic rings. The molecule has 1 fully saturated rings. The lowest BCUT2D eigenvalue weighted by atomic mass is 10.2. The van der Waals surface area contributed by atoms with Crippen LogP contribution in [0.5, 0.6) is 0 Å². The van der Waals surface area contributed by atoms with E-state index >= 15 is 0 Å². The van der Waals surface area contributed by atoms with Crippen molar-refractivity contribution in [1.29, 1.82) is 0 Å². The number of amides is 2. The Balaban J connectivity index is 1.79. The van der Waals surface area contributed by atoms with Gasteiger partial charge in [-0.3, -0.25) is 9.59 Å². The largest absolute Gasteiger partial charge is 0.352 e. The van der Waals surface area contributed by atoms with Crippen molar-refractivity contribution in [1.82, 2.24) is 5.32 Å². The van der Waals surface area contributed by atoms with Gasteiger partial charge in [0.2, 0.25) is 11.8 Å². The number of benzene rings is 1. The molecule has 0 radical (unpaired) electrons. The zero-order valence-electron chi connectivity index (χ0n) is 10.8. The van der Waals surface area contributed by atoms with Crippen molar-refractivity contribution in [2.24, 2.45) is 0 Å². The molecule has 0 spiro atoms. The maximum absolute atomic E-state index is 11.6. The third kappa shape index (κ3) is 4.34. The molecule has 0 aliphatic carbocycles. The Hall–Kier alpha value is -1.89. The highest BCUT2D eigenvalue weighted by molar-refractivity contribution is 7.91. The number of carbonyl (C=O) groups excluding carboxylic acids is 2. The number of carbonyl (C=O) groups is 2. The second-order valence-electron chi connectivity index (χ2n) is 4.76. The molecule has 0 bridgehead atoms. The molecule has 7 heteroatoms. The first-order valence-corrected chi connectivity index (χ1v) is 8.11. The van der Waals surface area contributed by atoms with Crippen LogP contribution in [-0.2, 0) is 19.4 Å². The number of anilines is 1. The minimum absolute atomic E-state index is 0.0426. The molecule has 2 N–H and O–H groups in total. The van der Waals surface area contributed by atoms with Gasteiger partial charge in [-0.2, -0.15) is 0 Å². The standard InChI is InChI=1S/C13H16N2O4S/c16-12(14-10-4-2-1-3-5-10)8-13(17)15-11-6-7-20(18,19)9-11/h1-5,11H,6-9H2,(H,14,16)(H,15,17). The molecule has 1 atom stereocenters. The van der Waals surface area contributed by atoms with Crippen molar-refractivity contribution in [2.75, 3.05) is 16.8 Å². The highest BCUT2D eigenvalue weighted by Gasteiger charge is 2.29. The van der Waals surface area contributed by atoms with Crippen molar-refractivity contribution in [3.63, 3.8) is 0 Å². The first kappa shape index (κ1) is 14.5. The lowest BCUT2D eigenvalue weighted by Crippen LogP contribution is -2.37. The van der Waals surface area contributed by atoms with Gasteiger partial charge in [0.15, 0.2) is 9.84 Å². The third-order valence-electron chi connectivity index (χ3n) is 2.98. The van der Waals surface area contributed by atoms with Crippen LogP contribution in [0.25, 0.3) is 0 Å². The van der Waals surface area contributed by atoms with E-state index in [2.05, 4.69) is 10.6 Å². The van der Waals surface area contributed by atoms with Gasteiger partial charge in [-0.05, 0) is 18.6 Å². The number of sulfone groups is 1. The van der Waals surface area contributed by atoms with E-state index in [9.17, 15) is 18.0 Å². The summed E-state index contributed by atoms with van der Waals surface area (Å²) in [5.41, 5.74) is 0.619. The van der Waals surface area contributed by atoms with Crippen molar-refractivity contribution in [3.8, 4) is 0 Å². The van der Waals surface area contributed by atoms with Crippen LogP contribution < -0.4 is 10.6 Å². The number of para-hydroxylation sites is 1. The van der Waals surface area contributed by atoms with Crippen LogP contribution in [0, 0.1) is 0 Å². The van der Waals surface area contributed by atoms with Crippen LogP contribution in [0.1, 0.15) is 12.8 Å². The van der Waals surface area contributed by atoms with E-state index in [1.165, 1.54) is 0 Å². The molecular formula is C13H16N2O4S. The molecule has 1 heterocycles. The molecule has 1 aromatic carbocycles. The summed E-state index contributed by atoms with van der Waals surface area (Å²) in [5.74, 6) is -0.831. The maximum atomic E-state index is 11.6. The average Bonchev–Trinajstić information content (AvgIpc) is 2.69. The Kier molecular flexibility index (Phi) is 4.39. The molecule has 1 aromatic rings. The molecule has 0 saturated carbocycles. The van der Waals surface area contributed by atoms with Gasteiger partial charge in [0.25, 0.3) is 0 Å². The minimum Gasteiger partial charge on any atom is -0.352 e. The second kappa shape index (κ2) is 6.04. The summed E-state index contributed by atoms with van der Waals surface area (Å²) in [6, 6.07) is 8.44. The van der Waals surface area contributed by atoms with Crippen LogP contribution in [0.4, 0.5) is 5.69 Å². The number of rotatable bonds is 4. The van der Waals surface area contributed by atoms with Gasteiger partial charge >= 0.3 is 0 Å². The zero-order valence-corrected chi connectivity index (χ0v) is 11.7. The molecule has 6 nitrogen and oxygen atoms in total. The fourth-order valence-electron chi connectivity index (χ4n) is 2.06. The van der Waals surface area contributed by atoms with Crippen molar-refractivity contribution < 1.29 is 18.0 Å². The number of hydrogen-bond donors (Lipinski definition) is 2. The van der Waals surface area contributed by atoms with Gasteiger partial charge in [0, 0.05) is 11.7 Å².